The highest BCUT2D eigenvalue weighted by molar-refractivity contribution is 5.64. The summed E-state index contributed by atoms with van der Waals surface area (Å²) in [4.78, 5) is 10.4. The first-order valence-corrected chi connectivity index (χ1v) is 10.4. The van der Waals surface area contributed by atoms with E-state index in [2.05, 4.69) is 0 Å². The first kappa shape index (κ1) is 22.6. The lowest BCUT2D eigenvalue weighted by Gasteiger charge is -2.21. The van der Waals surface area contributed by atoms with E-state index >= 15 is 0 Å². The van der Waals surface area contributed by atoms with Gasteiger partial charge in [-0.15, -0.1) is 0 Å². The molecule has 0 amide bonds. The molecule has 1 saturated carbocycles. The summed E-state index contributed by atoms with van der Waals surface area (Å²) in [6.45, 7) is 0. The van der Waals surface area contributed by atoms with E-state index < -0.39 is 24.3 Å². The summed E-state index contributed by atoms with van der Waals surface area (Å²) >= 11 is 0. The molecular formula is C23H33O5-. The molecule has 156 valence electrons. The summed E-state index contributed by atoms with van der Waals surface area (Å²) in [6, 6.07) is 10.0. The van der Waals surface area contributed by atoms with Gasteiger partial charge in [-0.2, -0.15) is 0 Å². The SMILES string of the molecule is O=C([O-])CCCCCCC1[C@@H](/C=C/[C@@H](O)CCc2ccccc2)[C@H](O)C[C@@H]1O. The van der Waals surface area contributed by atoms with Crippen LogP contribution in [-0.2, 0) is 11.2 Å². The molecular weight excluding hydrogens is 356 g/mol. The van der Waals surface area contributed by atoms with E-state index in [9.17, 15) is 25.2 Å². The van der Waals surface area contributed by atoms with Gasteiger partial charge in [0.15, 0.2) is 0 Å². The van der Waals surface area contributed by atoms with Crippen LogP contribution in [0.15, 0.2) is 42.5 Å². The first-order valence-electron chi connectivity index (χ1n) is 10.4. The van der Waals surface area contributed by atoms with Gasteiger partial charge in [-0.1, -0.05) is 61.7 Å². The van der Waals surface area contributed by atoms with Crippen molar-refractivity contribution >= 4 is 5.97 Å². The van der Waals surface area contributed by atoms with Gasteiger partial charge in [0.2, 0.25) is 0 Å². The first-order chi connectivity index (χ1) is 13.5. The Labute approximate surface area is 167 Å². The van der Waals surface area contributed by atoms with Gasteiger partial charge in [0.05, 0.1) is 18.3 Å². The normalized spacial score (nSPS) is 26.0. The Bertz CT molecular complexity index is 600. The predicted octanol–water partition coefficient (Wildman–Crippen LogP) is 1.98. The molecule has 0 saturated heterocycles. The number of unbranched alkanes of at least 4 members (excludes halogenated alkanes) is 3. The van der Waals surface area contributed by atoms with Crippen LogP contribution in [-0.4, -0.2) is 39.6 Å². The van der Waals surface area contributed by atoms with Crippen LogP contribution in [0, 0.1) is 11.8 Å². The van der Waals surface area contributed by atoms with E-state index in [0.29, 0.717) is 19.3 Å². The topological polar surface area (TPSA) is 101 Å². The van der Waals surface area contributed by atoms with Crippen LogP contribution in [0.5, 0.6) is 0 Å². The highest BCUT2D eigenvalue weighted by Crippen LogP contribution is 2.37. The van der Waals surface area contributed by atoms with E-state index in [4.69, 9.17) is 0 Å². The maximum atomic E-state index is 10.4. The van der Waals surface area contributed by atoms with Crippen molar-refractivity contribution in [2.45, 2.75) is 76.1 Å². The summed E-state index contributed by atoms with van der Waals surface area (Å²) in [5.74, 6) is -1.18. The molecule has 0 spiro atoms. The number of carbonyl (C=O) groups is 1. The molecule has 0 radical (unpaired) electrons. The highest BCUT2D eigenvalue weighted by atomic mass is 16.4. The van der Waals surface area contributed by atoms with Crippen molar-refractivity contribution in [3.63, 3.8) is 0 Å². The van der Waals surface area contributed by atoms with E-state index in [0.717, 1.165) is 32.1 Å². The molecule has 3 N–H and O–H groups in total. The number of aliphatic hydroxyl groups is 3. The quantitative estimate of drug-likeness (QED) is 0.375. The molecule has 5 heteroatoms. The molecule has 1 aliphatic rings. The summed E-state index contributed by atoms with van der Waals surface area (Å²) in [5, 5.41) is 41.2. The van der Waals surface area contributed by atoms with Crippen molar-refractivity contribution in [2.75, 3.05) is 0 Å². The Morgan fingerprint density at radius 1 is 1.11 bits per heavy atom. The number of aliphatic hydroxyl groups excluding tert-OH is 3. The van der Waals surface area contributed by atoms with Gasteiger partial charge in [0.25, 0.3) is 0 Å². The third-order valence-corrected chi connectivity index (χ3v) is 5.71. The Kier molecular flexibility index (Phi) is 9.68. The third kappa shape index (κ3) is 7.74. The van der Waals surface area contributed by atoms with Crippen molar-refractivity contribution in [2.24, 2.45) is 11.8 Å². The van der Waals surface area contributed by atoms with Gasteiger partial charge in [-0.3, -0.25) is 0 Å². The van der Waals surface area contributed by atoms with Crippen molar-refractivity contribution < 1.29 is 25.2 Å². The summed E-state index contributed by atoms with van der Waals surface area (Å²) in [6.07, 6.45) is 7.84. The minimum Gasteiger partial charge on any atom is -0.550 e. The lowest BCUT2D eigenvalue weighted by atomic mass is 9.87. The van der Waals surface area contributed by atoms with Crippen LogP contribution in [0.1, 0.15) is 56.9 Å². The van der Waals surface area contributed by atoms with Crippen molar-refractivity contribution in [3.8, 4) is 0 Å². The molecule has 28 heavy (non-hydrogen) atoms. The number of aryl methyl sites for hydroxylation is 1. The molecule has 1 aliphatic carbocycles. The van der Waals surface area contributed by atoms with Gasteiger partial charge in [-0.05, 0) is 43.6 Å². The largest absolute Gasteiger partial charge is 0.550 e. The fourth-order valence-electron chi connectivity index (χ4n) is 4.09. The molecule has 0 bridgehead atoms. The van der Waals surface area contributed by atoms with Crippen molar-refractivity contribution in [1.82, 2.24) is 0 Å². The number of rotatable bonds is 12. The Morgan fingerprint density at radius 2 is 1.82 bits per heavy atom. The Balaban J connectivity index is 1.76. The predicted molar refractivity (Wildman–Crippen MR) is 106 cm³/mol. The molecule has 1 unspecified atom stereocenters. The van der Waals surface area contributed by atoms with Gasteiger partial charge in [0.1, 0.15) is 0 Å². The molecule has 0 heterocycles. The summed E-state index contributed by atoms with van der Waals surface area (Å²) in [7, 11) is 0. The number of hydrogen-bond donors (Lipinski definition) is 3. The van der Waals surface area contributed by atoms with Gasteiger partial charge < -0.3 is 25.2 Å². The van der Waals surface area contributed by atoms with E-state index in [1.165, 1.54) is 5.56 Å². The third-order valence-electron chi connectivity index (χ3n) is 5.71. The average molecular weight is 390 g/mol. The zero-order valence-corrected chi connectivity index (χ0v) is 16.5. The second-order valence-corrected chi connectivity index (χ2v) is 7.91. The molecule has 1 aromatic carbocycles. The summed E-state index contributed by atoms with van der Waals surface area (Å²) < 4.78 is 0. The zero-order chi connectivity index (χ0) is 20.4. The molecule has 1 fully saturated rings. The van der Waals surface area contributed by atoms with E-state index in [-0.39, 0.29) is 18.3 Å². The summed E-state index contributed by atoms with van der Waals surface area (Å²) in [5.41, 5.74) is 1.18. The number of carboxylic acids is 1. The number of aliphatic carboxylic acids is 1. The van der Waals surface area contributed by atoms with Crippen LogP contribution in [0.4, 0.5) is 0 Å². The van der Waals surface area contributed by atoms with Crippen LogP contribution in [0.2, 0.25) is 0 Å². The minimum absolute atomic E-state index is 0.0197. The zero-order valence-electron chi connectivity index (χ0n) is 16.5. The molecule has 2 rings (SSSR count). The molecule has 0 aromatic heterocycles. The monoisotopic (exact) mass is 389 g/mol. The van der Waals surface area contributed by atoms with E-state index in [1.54, 1.807) is 6.08 Å². The smallest absolute Gasteiger partial charge is 0.0724 e. The second kappa shape index (κ2) is 12.0. The van der Waals surface area contributed by atoms with Gasteiger partial charge in [-0.25, -0.2) is 0 Å². The highest BCUT2D eigenvalue weighted by Gasteiger charge is 2.39. The van der Waals surface area contributed by atoms with Crippen LogP contribution in [0.25, 0.3) is 0 Å². The van der Waals surface area contributed by atoms with Gasteiger partial charge in [0, 0.05) is 18.3 Å². The van der Waals surface area contributed by atoms with E-state index in [1.807, 2.05) is 36.4 Å². The number of carbonyl (C=O) groups excluding carboxylic acids is 1. The lowest BCUT2D eigenvalue weighted by molar-refractivity contribution is -0.305. The molecule has 0 aliphatic heterocycles. The van der Waals surface area contributed by atoms with Crippen LogP contribution in [0.3, 0.4) is 0 Å². The Hall–Kier alpha value is -1.69. The standard InChI is InChI=1S/C23H34O5/c24-18(13-12-17-8-4-3-5-9-17)14-15-20-19(21(25)16-22(20)26)10-6-1-2-7-11-23(27)28/h3-5,8-9,14-15,18-22,24-26H,1-2,6-7,10-13,16H2,(H,27,28)/p-1/b15-14+/t18-,19?,20+,21-,22+/m0/s1. The minimum atomic E-state index is -1.01. The fourth-order valence-corrected chi connectivity index (χ4v) is 4.09. The maximum Gasteiger partial charge on any atom is 0.0724 e. The molecule has 5 atom stereocenters. The lowest BCUT2D eigenvalue weighted by Crippen LogP contribution is -2.21. The fraction of sp³-hybridized carbons (Fsp3) is 0.609. The molecule has 5 nitrogen and oxygen atoms in total. The van der Waals surface area contributed by atoms with Crippen LogP contribution >= 0.6 is 0 Å². The Morgan fingerprint density at radius 3 is 2.54 bits per heavy atom. The van der Waals surface area contributed by atoms with Crippen molar-refractivity contribution in [3.05, 3.63) is 48.0 Å². The van der Waals surface area contributed by atoms with Crippen LogP contribution < -0.4 is 5.11 Å². The molecule has 1 aromatic rings. The number of carboxylic acid groups (broad SMARTS) is 1. The average Bonchev–Trinajstić information content (AvgIpc) is 2.94. The number of benzene rings is 1. The second-order valence-electron chi connectivity index (χ2n) is 7.91. The van der Waals surface area contributed by atoms with Gasteiger partial charge >= 0.3 is 0 Å². The number of hydrogen-bond acceptors (Lipinski definition) is 5. The van der Waals surface area contributed by atoms with Crippen molar-refractivity contribution in [1.29, 1.82) is 0 Å². The maximum absolute atomic E-state index is 10.4.